The van der Waals surface area contributed by atoms with Gasteiger partial charge in [-0.25, -0.2) is 4.99 Å². The molecule has 74 valence electrons. The Kier molecular flexibility index (Phi) is 1.65. The Morgan fingerprint density at radius 3 is 3.07 bits per heavy atom. The minimum Gasteiger partial charge on any atom is -0.399 e. The van der Waals surface area contributed by atoms with Crippen LogP contribution in [0, 0.1) is 0 Å². The largest absolute Gasteiger partial charge is 0.399 e. The minimum atomic E-state index is 0.726. The number of nitrogens with zero attached hydrogens (tertiary/aromatic N) is 2. The van der Waals surface area contributed by atoms with Crippen molar-refractivity contribution in [1.82, 2.24) is 4.90 Å². The van der Waals surface area contributed by atoms with Gasteiger partial charge in [-0.15, -0.1) is 0 Å². The van der Waals surface area contributed by atoms with E-state index in [9.17, 15) is 0 Å². The summed E-state index contributed by atoms with van der Waals surface area (Å²) in [6.45, 7) is 0.726. The van der Waals surface area contributed by atoms with E-state index in [0.29, 0.717) is 0 Å². The van der Waals surface area contributed by atoms with Gasteiger partial charge in [0.1, 0.15) is 5.84 Å². The van der Waals surface area contributed by atoms with E-state index in [0.717, 1.165) is 18.1 Å². The first-order valence-corrected chi connectivity index (χ1v) is 4.91. The molecule has 15 heavy (non-hydrogen) atoms. The van der Waals surface area contributed by atoms with E-state index >= 15 is 0 Å². The van der Waals surface area contributed by atoms with Gasteiger partial charge in [-0.1, -0.05) is 24.3 Å². The molecular formula is C12H11N3. The minimum absolute atomic E-state index is 0.726. The molecule has 0 atom stereocenters. The van der Waals surface area contributed by atoms with Crippen LogP contribution in [0.15, 0.2) is 47.4 Å². The fourth-order valence-electron chi connectivity index (χ4n) is 1.89. The highest BCUT2D eigenvalue weighted by Gasteiger charge is 2.20. The molecule has 0 saturated carbocycles. The van der Waals surface area contributed by atoms with Gasteiger partial charge in [0, 0.05) is 23.7 Å². The van der Waals surface area contributed by atoms with Crippen LogP contribution in [0.5, 0.6) is 0 Å². The summed E-state index contributed by atoms with van der Waals surface area (Å²) in [6, 6.07) is 8.24. The molecule has 1 aromatic carbocycles. The average Bonchev–Trinajstić information content (AvgIpc) is 2.28. The third-order valence-corrected chi connectivity index (χ3v) is 2.61. The van der Waals surface area contributed by atoms with E-state index in [1.807, 2.05) is 18.3 Å². The fourth-order valence-corrected chi connectivity index (χ4v) is 1.89. The average molecular weight is 197 g/mol. The lowest BCUT2D eigenvalue weighted by molar-refractivity contribution is 0.590. The maximum Gasteiger partial charge on any atom is 0.140 e. The maximum atomic E-state index is 5.74. The van der Waals surface area contributed by atoms with E-state index in [2.05, 4.69) is 28.1 Å². The quantitative estimate of drug-likeness (QED) is 0.685. The molecule has 3 nitrogen and oxygen atoms in total. The molecule has 3 rings (SSSR count). The molecule has 0 spiro atoms. The van der Waals surface area contributed by atoms with Crippen molar-refractivity contribution in [2.75, 3.05) is 6.54 Å². The van der Waals surface area contributed by atoms with Crippen LogP contribution in [0.2, 0.25) is 0 Å². The lowest BCUT2D eigenvalue weighted by atomic mass is 10.0. The standard InChI is InChI=1S/C12H11N3/c13-10-7-14-12-11-4-2-1-3-9(11)5-6-15(12)8-10/h1-7H,8,13H2. The Morgan fingerprint density at radius 1 is 1.27 bits per heavy atom. The molecule has 0 bridgehead atoms. The molecule has 0 aromatic heterocycles. The highest BCUT2D eigenvalue weighted by atomic mass is 15.2. The zero-order valence-electron chi connectivity index (χ0n) is 8.22. The van der Waals surface area contributed by atoms with E-state index in [-0.39, 0.29) is 0 Å². The summed E-state index contributed by atoms with van der Waals surface area (Å²) in [5.74, 6) is 0.988. The third kappa shape index (κ3) is 1.24. The van der Waals surface area contributed by atoms with Crippen LogP contribution in [0.1, 0.15) is 11.1 Å². The van der Waals surface area contributed by atoms with Crippen molar-refractivity contribution in [1.29, 1.82) is 0 Å². The number of hydrogen-bond acceptors (Lipinski definition) is 3. The predicted molar refractivity (Wildman–Crippen MR) is 61.0 cm³/mol. The topological polar surface area (TPSA) is 41.6 Å². The molecular weight excluding hydrogens is 186 g/mol. The van der Waals surface area contributed by atoms with Gasteiger partial charge in [-0.2, -0.15) is 0 Å². The third-order valence-electron chi connectivity index (χ3n) is 2.61. The lowest BCUT2D eigenvalue weighted by Gasteiger charge is -2.29. The van der Waals surface area contributed by atoms with Crippen molar-refractivity contribution in [3.8, 4) is 0 Å². The second-order valence-electron chi connectivity index (χ2n) is 3.69. The van der Waals surface area contributed by atoms with Gasteiger partial charge in [0.25, 0.3) is 0 Å². The molecule has 0 amide bonds. The Morgan fingerprint density at radius 2 is 2.13 bits per heavy atom. The Balaban J connectivity index is 2.18. The zero-order chi connectivity index (χ0) is 10.3. The normalized spacial score (nSPS) is 17.7. The number of aliphatic imine (C=N–C) groups is 1. The van der Waals surface area contributed by atoms with Crippen LogP contribution >= 0.6 is 0 Å². The Labute approximate surface area is 88.2 Å². The van der Waals surface area contributed by atoms with Crippen LogP contribution < -0.4 is 5.73 Å². The van der Waals surface area contributed by atoms with E-state index < -0.39 is 0 Å². The van der Waals surface area contributed by atoms with Gasteiger partial charge in [0.2, 0.25) is 0 Å². The van der Waals surface area contributed by atoms with Gasteiger partial charge >= 0.3 is 0 Å². The molecule has 2 aliphatic rings. The highest BCUT2D eigenvalue weighted by molar-refractivity contribution is 6.05. The molecule has 1 aromatic rings. The van der Waals surface area contributed by atoms with Gasteiger partial charge in [0.15, 0.2) is 0 Å². The predicted octanol–water partition coefficient (Wildman–Crippen LogP) is 1.53. The molecule has 2 heterocycles. The van der Waals surface area contributed by atoms with E-state index in [4.69, 9.17) is 5.73 Å². The molecule has 0 aliphatic carbocycles. The number of rotatable bonds is 0. The van der Waals surface area contributed by atoms with Crippen molar-refractivity contribution in [3.05, 3.63) is 53.5 Å². The lowest BCUT2D eigenvalue weighted by Crippen LogP contribution is -2.34. The first-order valence-electron chi connectivity index (χ1n) is 4.91. The van der Waals surface area contributed by atoms with E-state index in [1.54, 1.807) is 6.20 Å². The van der Waals surface area contributed by atoms with Crippen molar-refractivity contribution in [2.45, 2.75) is 0 Å². The van der Waals surface area contributed by atoms with Crippen molar-refractivity contribution in [3.63, 3.8) is 0 Å². The molecule has 0 saturated heterocycles. The van der Waals surface area contributed by atoms with Crippen LogP contribution in [0.25, 0.3) is 6.08 Å². The number of fused-ring (bicyclic) bond motifs is 3. The van der Waals surface area contributed by atoms with Crippen molar-refractivity contribution >= 4 is 11.9 Å². The first-order chi connectivity index (χ1) is 7.34. The van der Waals surface area contributed by atoms with Crippen LogP contribution in [-0.4, -0.2) is 17.3 Å². The molecule has 2 aliphatic heterocycles. The summed E-state index contributed by atoms with van der Waals surface area (Å²) in [6.07, 6.45) is 5.86. The second-order valence-corrected chi connectivity index (χ2v) is 3.69. The van der Waals surface area contributed by atoms with Crippen LogP contribution in [0.3, 0.4) is 0 Å². The van der Waals surface area contributed by atoms with Gasteiger partial charge < -0.3 is 10.6 Å². The van der Waals surface area contributed by atoms with Gasteiger partial charge in [0.05, 0.1) is 6.54 Å². The number of amidine groups is 1. The van der Waals surface area contributed by atoms with Crippen LogP contribution in [0.4, 0.5) is 0 Å². The molecule has 0 radical (unpaired) electrons. The van der Waals surface area contributed by atoms with Crippen molar-refractivity contribution < 1.29 is 0 Å². The highest BCUT2D eigenvalue weighted by Crippen LogP contribution is 2.22. The van der Waals surface area contributed by atoms with Gasteiger partial charge in [-0.3, -0.25) is 0 Å². The smallest absolute Gasteiger partial charge is 0.140 e. The summed E-state index contributed by atoms with van der Waals surface area (Å²) >= 11 is 0. The second kappa shape index (κ2) is 2.98. The number of nitrogens with two attached hydrogens (primary N) is 1. The number of benzene rings is 1. The van der Waals surface area contributed by atoms with Gasteiger partial charge in [-0.05, 0) is 11.6 Å². The number of hydrogen-bond donors (Lipinski definition) is 1. The summed E-state index contributed by atoms with van der Waals surface area (Å²) in [4.78, 5) is 6.45. The Bertz CT molecular complexity index is 497. The monoisotopic (exact) mass is 197 g/mol. The Hall–Kier alpha value is -2.03. The SMILES string of the molecule is NC1=CN=C2c3ccccc3C=CN2C1. The summed E-state index contributed by atoms with van der Waals surface area (Å²) in [7, 11) is 0. The zero-order valence-corrected chi connectivity index (χ0v) is 8.22. The summed E-state index contributed by atoms with van der Waals surface area (Å²) in [5, 5.41) is 0. The summed E-state index contributed by atoms with van der Waals surface area (Å²) in [5.41, 5.74) is 8.91. The first kappa shape index (κ1) is 8.29. The molecule has 2 N–H and O–H groups in total. The molecule has 3 heteroatoms. The summed E-state index contributed by atoms with van der Waals surface area (Å²) < 4.78 is 0. The van der Waals surface area contributed by atoms with Crippen molar-refractivity contribution in [2.24, 2.45) is 10.7 Å². The maximum absolute atomic E-state index is 5.74. The molecule has 0 unspecified atom stereocenters. The fraction of sp³-hybridized carbons (Fsp3) is 0.0833. The van der Waals surface area contributed by atoms with E-state index in [1.165, 1.54) is 11.1 Å². The van der Waals surface area contributed by atoms with Crippen LogP contribution in [-0.2, 0) is 0 Å². The molecule has 0 fully saturated rings.